The van der Waals surface area contributed by atoms with E-state index in [1.807, 2.05) is 27.7 Å². The van der Waals surface area contributed by atoms with Crippen LogP contribution in [0.1, 0.15) is 75.2 Å². The molecular formula is C19H40N2O5. The number of carbonyl (C=O) groups is 3. The molecule has 0 spiro atoms. The average molecular weight is 377 g/mol. The second-order valence-corrected chi connectivity index (χ2v) is 6.80. The Labute approximate surface area is 159 Å². The van der Waals surface area contributed by atoms with Gasteiger partial charge in [-0.15, -0.1) is 0 Å². The van der Waals surface area contributed by atoms with E-state index >= 15 is 0 Å². The Morgan fingerprint density at radius 1 is 1.12 bits per heavy atom. The number of ether oxygens (including phenoxy) is 1. The number of likely N-dealkylation sites (N-methyl/N-ethyl adjacent to an activating group) is 1. The fraction of sp³-hybridized carbons (Fsp3) is 0.842. The standard InChI is InChI=1S/C14H26N2O5.C3H8.C2H6/c1-7-9(2)11(12(19)16(6)8-10(17)18)15-13(20)21-14(3,4)5;1-3-2;1-2/h9,11H,7-8H2,1-6H3,(H,15,20)(H,17,18);3H2,1-2H3;1-2H3. The first-order valence-corrected chi connectivity index (χ1v) is 9.35. The predicted molar refractivity (Wildman–Crippen MR) is 105 cm³/mol. The number of nitrogens with zero attached hydrogens (tertiary/aromatic N) is 1. The van der Waals surface area contributed by atoms with Crippen LogP contribution in [0.5, 0.6) is 0 Å². The van der Waals surface area contributed by atoms with E-state index in [2.05, 4.69) is 19.2 Å². The van der Waals surface area contributed by atoms with E-state index in [-0.39, 0.29) is 5.92 Å². The summed E-state index contributed by atoms with van der Waals surface area (Å²) in [6.45, 7) is 16.7. The molecule has 0 fully saturated rings. The van der Waals surface area contributed by atoms with Gasteiger partial charge in [0.15, 0.2) is 0 Å². The summed E-state index contributed by atoms with van der Waals surface area (Å²) in [5, 5.41) is 11.3. The van der Waals surface area contributed by atoms with Crippen LogP contribution in [0.2, 0.25) is 0 Å². The zero-order chi connectivity index (χ0) is 21.5. The lowest BCUT2D eigenvalue weighted by Crippen LogP contribution is -2.52. The molecule has 0 radical (unpaired) electrons. The molecule has 0 heterocycles. The normalized spacial score (nSPS) is 12.2. The van der Waals surface area contributed by atoms with Crippen molar-refractivity contribution in [1.82, 2.24) is 10.2 Å². The molecule has 26 heavy (non-hydrogen) atoms. The fourth-order valence-electron chi connectivity index (χ4n) is 1.64. The van der Waals surface area contributed by atoms with Gasteiger partial charge in [-0.3, -0.25) is 9.59 Å². The number of amides is 2. The average Bonchev–Trinajstić information content (AvgIpc) is 2.51. The van der Waals surface area contributed by atoms with Gasteiger partial charge in [-0.25, -0.2) is 4.79 Å². The molecule has 156 valence electrons. The Morgan fingerprint density at radius 2 is 1.54 bits per heavy atom. The van der Waals surface area contributed by atoms with Crippen molar-refractivity contribution >= 4 is 18.0 Å². The van der Waals surface area contributed by atoms with E-state index in [0.29, 0.717) is 6.42 Å². The Balaban J connectivity index is -0.000000950. The zero-order valence-electron chi connectivity index (χ0n) is 18.3. The molecule has 2 amide bonds. The monoisotopic (exact) mass is 376 g/mol. The number of alkyl carbamates (subject to hydrolysis) is 1. The summed E-state index contributed by atoms with van der Waals surface area (Å²) in [5.74, 6) is -1.69. The molecule has 0 aromatic rings. The largest absolute Gasteiger partial charge is 0.480 e. The number of carbonyl (C=O) groups excluding carboxylic acids is 2. The molecule has 0 saturated carbocycles. The maximum atomic E-state index is 12.3. The highest BCUT2D eigenvalue weighted by Gasteiger charge is 2.30. The van der Waals surface area contributed by atoms with Crippen molar-refractivity contribution in [2.24, 2.45) is 5.92 Å². The molecule has 7 heteroatoms. The van der Waals surface area contributed by atoms with Crippen LogP contribution in [0.15, 0.2) is 0 Å². The molecule has 0 saturated heterocycles. The van der Waals surface area contributed by atoms with Gasteiger partial charge >= 0.3 is 12.1 Å². The van der Waals surface area contributed by atoms with Crippen LogP contribution in [0.4, 0.5) is 4.79 Å². The summed E-state index contributed by atoms with van der Waals surface area (Å²) in [7, 11) is 1.39. The van der Waals surface area contributed by atoms with Gasteiger partial charge in [0.1, 0.15) is 18.2 Å². The van der Waals surface area contributed by atoms with Gasteiger partial charge in [0.05, 0.1) is 0 Å². The van der Waals surface area contributed by atoms with Gasteiger partial charge in [-0.2, -0.15) is 0 Å². The van der Waals surface area contributed by atoms with Crippen molar-refractivity contribution < 1.29 is 24.2 Å². The lowest BCUT2D eigenvalue weighted by atomic mass is 9.98. The molecule has 0 aliphatic carbocycles. The minimum atomic E-state index is -1.11. The molecule has 7 nitrogen and oxygen atoms in total. The molecule has 0 bridgehead atoms. The lowest BCUT2D eigenvalue weighted by molar-refractivity contribution is -0.144. The van der Waals surface area contributed by atoms with Crippen molar-refractivity contribution in [3.05, 3.63) is 0 Å². The van der Waals surface area contributed by atoms with E-state index in [9.17, 15) is 14.4 Å². The van der Waals surface area contributed by atoms with E-state index < -0.39 is 36.2 Å². The van der Waals surface area contributed by atoms with Crippen LogP contribution in [-0.2, 0) is 14.3 Å². The third-order valence-electron chi connectivity index (χ3n) is 2.90. The zero-order valence-corrected chi connectivity index (χ0v) is 18.3. The highest BCUT2D eigenvalue weighted by molar-refractivity contribution is 5.88. The van der Waals surface area contributed by atoms with Crippen LogP contribution < -0.4 is 5.32 Å². The SMILES string of the molecule is CC.CCC.CCC(C)C(NC(=O)OC(C)(C)C)C(=O)N(C)CC(=O)O. The van der Waals surface area contributed by atoms with Gasteiger partial charge in [0.2, 0.25) is 5.91 Å². The minimum absolute atomic E-state index is 0.138. The quantitative estimate of drug-likeness (QED) is 0.732. The Morgan fingerprint density at radius 3 is 1.85 bits per heavy atom. The maximum absolute atomic E-state index is 12.3. The summed E-state index contributed by atoms with van der Waals surface area (Å²) in [4.78, 5) is 35.9. The summed E-state index contributed by atoms with van der Waals surface area (Å²) in [5.41, 5.74) is -0.667. The number of nitrogens with one attached hydrogen (secondary N) is 1. The molecule has 0 aliphatic heterocycles. The summed E-state index contributed by atoms with van der Waals surface area (Å²) < 4.78 is 5.14. The molecule has 0 rings (SSSR count). The number of hydrogen-bond acceptors (Lipinski definition) is 4. The number of rotatable bonds is 6. The van der Waals surface area contributed by atoms with Gasteiger partial charge in [-0.1, -0.05) is 54.4 Å². The molecule has 0 aliphatic rings. The van der Waals surface area contributed by atoms with E-state index in [1.54, 1.807) is 20.8 Å². The molecule has 2 atom stereocenters. The van der Waals surface area contributed by atoms with Crippen LogP contribution in [0.25, 0.3) is 0 Å². The van der Waals surface area contributed by atoms with Crippen molar-refractivity contribution in [2.45, 2.75) is 86.8 Å². The van der Waals surface area contributed by atoms with Crippen LogP contribution >= 0.6 is 0 Å². The van der Waals surface area contributed by atoms with Crippen LogP contribution in [0.3, 0.4) is 0 Å². The lowest BCUT2D eigenvalue weighted by Gasteiger charge is -2.28. The van der Waals surface area contributed by atoms with E-state index in [4.69, 9.17) is 9.84 Å². The van der Waals surface area contributed by atoms with E-state index in [0.717, 1.165) is 4.90 Å². The number of carboxylic acid groups (broad SMARTS) is 1. The van der Waals surface area contributed by atoms with Gasteiger partial charge in [0, 0.05) is 7.05 Å². The predicted octanol–water partition coefficient (Wildman–Crippen LogP) is 3.91. The fourth-order valence-corrected chi connectivity index (χ4v) is 1.64. The Hall–Kier alpha value is -1.79. The van der Waals surface area contributed by atoms with Crippen LogP contribution in [0, 0.1) is 5.92 Å². The summed E-state index contributed by atoms with van der Waals surface area (Å²) >= 11 is 0. The van der Waals surface area contributed by atoms with E-state index in [1.165, 1.54) is 13.5 Å². The van der Waals surface area contributed by atoms with Gasteiger partial charge < -0.3 is 20.1 Å². The molecule has 2 N–H and O–H groups in total. The van der Waals surface area contributed by atoms with Crippen molar-refractivity contribution in [3.8, 4) is 0 Å². The smallest absolute Gasteiger partial charge is 0.408 e. The third-order valence-corrected chi connectivity index (χ3v) is 2.90. The molecule has 0 aromatic carbocycles. The van der Waals surface area contributed by atoms with Gasteiger partial charge in [-0.05, 0) is 26.7 Å². The topological polar surface area (TPSA) is 95.9 Å². The number of aliphatic carboxylic acids is 1. The summed E-state index contributed by atoms with van der Waals surface area (Å²) in [6, 6.07) is -0.811. The molecule has 2 unspecified atom stereocenters. The maximum Gasteiger partial charge on any atom is 0.408 e. The van der Waals surface area contributed by atoms with Crippen molar-refractivity contribution in [3.63, 3.8) is 0 Å². The Kier molecular flexibility index (Phi) is 17.2. The minimum Gasteiger partial charge on any atom is -0.480 e. The highest BCUT2D eigenvalue weighted by atomic mass is 16.6. The molecule has 0 aromatic heterocycles. The first-order valence-electron chi connectivity index (χ1n) is 9.35. The number of hydrogen-bond donors (Lipinski definition) is 2. The number of carboxylic acids is 1. The highest BCUT2D eigenvalue weighted by Crippen LogP contribution is 2.12. The van der Waals surface area contributed by atoms with Gasteiger partial charge in [0.25, 0.3) is 0 Å². The summed E-state index contributed by atoms with van der Waals surface area (Å²) in [6.07, 6.45) is 1.22. The van der Waals surface area contributed by atoms with Crippen molar-refractivity contribution in [1.29, 1.82) is 0 Å². The third kappa shape index (κ3) is 15.7. The van der Waals surface area contributed by atoms with Crippen LogP contribution in [-0.4, -0.2) is 53.2 Å². The molecular weight excluding hydrogens is 336 g/mol. The second-order valence-electron chi connectivity index (χ2n) is 6.80. The first-order chi connectivity index (χ1) is 11.9. The Bertz CT molecular complexity index is 405. The second kappa shape index (κ2) is 15.5. The van der Waals surface area contributed by atoms with Crippen molar-refractivity contribution in [2.75, 3.05) is 13.6 Å². The first kappa shape index (κ1) is 29.0.